The van der Waals surface area contributed by atoms with E-state index in [0.29, 0.717) is 0 Å². The predicted molar refractivity (Wildman–Crippen MR) is 55.4 cm³/mol. The second-order valence-electron chi connectivity index (χ2n) is 4.03. The van der Waals surface area contributed by atoms with Gasteiger partial charge in [0.25, 0.3) is 6.43 Å². The van der Waals surface area contributed by atoms with Gasteiger partial charge in [0, 0.05) is 6.07 Å². The Balaban J connectivity index is 2.96. The van der Waals surface area contributed by atoms with Gasteiger partial charge in [-0.15, -0.1) is 0 Å². The highest BCUT2D eigenvalue weighted by molar-refractivity contribution is 5.35. The monoisotopic (exact) mass is 248 g/mol. The number of nitro groups is 1. The first-order chi connectivity index (χ1) is 7.74. The van der Waals surface area contributed by atoms with Crippen LogP contribution in [0, 0.1) is 15.9 Å². The van der Waals surface area contributed by atoms with Gasteiger partial charge >= 0.3 is 5.69 Å². The second-order valence-corrected chi connectivity index (χ2v) is 4.03. The Morgan fingerprint density at radius 3 is 2.53 bits per heavy atom. The van der Waals surface area contributed by atoms with Gasteiger partial charge in [0.15, 0.2) is 0 Å². The molecular formula is C10H11F3N2O2. The molecule has 0 aliphatic heterocycles. The molecule has 1 unspecified atom stereocenters. The molecule has 0 saturated heterocycles. The van der Waals surface area contributed by atoms with E-state index in [9.17, 15) is 23.3 Å². The van der Waals surface area contributed by atoms with E-state index in [1.807, 2.05) is 0 Å². The fourth-order valence-corrected chi connectivity index (χ4v) is 1.33. The van der Waals surface area contributed by atoms with Crippen LogP contribution in [0.25, 0.3) is 0 Å². The minimum atomic E-state index is -2.76. The van der Waals surface area contributed by atoms with Crippen molar-refractivity contribution >= 4 is 5.69 Å². The number of hydrogen-bond acceptors (Lipinski definition) is 3. The lowest BCUT2D eigenvalue weighted by atomic mass is 9.94. The highest BCUT2D eigenvalue weighted by Crippen LogP contribution is 2.22. The SMILES string of the molecule is CC(N)(Cc1ccc([N+](=O)[O-])c(F)c1)C(F)F. The lowest BCUT2D eigenvalue weighted by Crippen LogP contribution is -2.45. The van der Waals surface area contributed by atoms with Crippen LogP contribution in [0.15, 0.2) is 18.2 Å². The zero-order valence-electron chi connectivity index (χ0n) is 8.99. The Hall–Kier alpha value is -1.63. The summed E-state index contributed by atoms with van der Waals surface area (Å²) in [6, 6.07) is 3.01. The Bertz CT molecular complexity index is 436. The predicted octanol–water partition coefficient (Wildman–Crippen LogP) is 2.26. The van der Waals surface area contributed by atoms with Gasteiger partial charge in [-0.3, -0.25) is 10.1 Å². The Morgan fingerprint density at radius 2 is 2.12 bits per heavy atom. The van der Waals surface area contributed by atoms with Crippen molar-refractivity contribution in [3.05, 3.63) is 39.7 Å². The second kappa shape index (κ2) is 4.70. The van der Waals surface area contributed by atoms with Gasteiger partial charge in [-0.2, -0.15) is 4.39 Å². The molecule has 0 saturated carbocycles. The average molecular weight is 248 g/mol. The fourth-order valence-electron chi connectivity index (χ4n) is 1.33. The normalized spacial score (nSPS) is 14.7. The number of rotatable bonds is 4. The smallest absolute Gasteiger partial charge is 0.304 e. The van der Waals surface area contributed by atoms with E-state index in [1.165, 1.54) is 6.07 Å². The maximum atomic E-state index is 13.2. The number of nitrogens with zero attached hydrogens (tertiary/aromatic N) is 1. The molecule has 0 spiro atoms. The highest BCUT2D eigenvalue weighted by atomic mass is 19.3. The van der Waals surface area contributed by atoms with Crippen LogP contribution in [-0.4, -0.2) is 16.9 Å². The first kappa shape index (κ1) is 13.4. The molecule has 0 aliphatic rings. The topological polar surface area (TPSA) is 69.2 Å². The van der Waals surface area contributed by atoms with E-state index in [4.69, 9.17) is 5.73 Å². The summed E-state index contributed by atoms with van der Waals surface area (Å²) in [7, 11) is 0. The van der Waals surface area contributed by atoms with Crippen molar-refractivity contribution in [1.29, 1.82) is 0 Å². The number of nitro benzene ring substituents is 1. The lowest BCUT2D eigenvalue weighted by molar-refractivity contribution is -0.387. The zero-order valence-corrected chi connectivity index (χ0v) is 8.99. The third-order valence-electron chi connectivity index (χ3n) is 2.29. The summed E-state index contributed by atoms with van der Waals surface area (Å²) in [5.74, 6) is -1.06. The van der Waals surface area contributed by atoms with E-state index < -0.39 is 28.4 Å². The van der Waals surface area contributed by atoms with E-state index in [1.54, 1.807) is 0 Å². The number of nitrogens with two attached hydrogens (primary N) is 1. The van der Waals surface area contributed by atoms with Gasteiger partial charge in [-0.05, 0) is 25.0 Å². The Kier molecular flexibility index (Phi) is 3.72. The molecule has 94 valence electrons. The molecule has 4 nitrogen and oxygen atoms in total. The van der Waals surface area contributed by atoms with Crippen LogP contribution in [0.4, 0.5) is 18.9 Å². The molecule has 7 heteroatoms. The minimum absolute atomic E-state index is 0.193. The maximum Gasteiger partial charge on any atom is 0.304 e. The lowest BCUT2D eigenvalue weighted by Gasteiger charge is -2.23. The highest BCUT2D eigenvalue weighted by Gasteiger charge is 2.31. The molecule has 0 aromatic heterocycles. The molecule has 0 bridgehead atoms. The van der Waals surface area contributed by atoms with Crippen LogP contribution >= 0.6 is 0 Å². The van der Waals surface area contributed by atoms with Crippen LogP contribution in [0.5, 0.6) is 0 Å². The summed E-state index contributed by atoms with van der Waals surface area (Å²) in [4.78, 5) is 9.47. The van der Waals surface area contributed by atoms with Gasteiger partial charge in [0.1, 0.15) is 0 Å². The van der Waals surface area contributed by atoms with Gasteiger partial charge in [0.2, 0.25) is 5.82 Å². The van der Waals surface area contributed by atoms with E-state index in [0.717, 1.165) is 19.1 Å². The maximum absolute atomic E-state index is 13.2. The average Bonchev–Trinajstić information content (AvgIpc) is 2.15. The summed E-state index contributed by atoms with van der Waals surface area (Å²) in [6.07, 6.45) is -3.03. The van der Waals surface area contributed by atoms with Crippen LogP contribution in [0.1, 0.15) is 12.5 Å². The number of hydrogen-bond donors (Lipinski definition) is 1. The van der Waals surface area contributed by atoms with Crippen molar-refractivity contribution in [3.63, 3.8) is 0 Å². The summed E-state index contributed by atoms with van der Waals surface area (Å²) in [6.45, 7) is 1.14. The minimum Gasteiger partial charge on any atom is -0.320 e. The molecule has 1 aromatic carbocycles. The number of alkyl halides is 2. The van der Waals surface area contributed by atoms with Crippen molar-refractivity contribution < 1.29 is 18.1 Å². The summed E-state index contributed by atoms with van der Waals surface area (Å²) in [5, 5.41) is 10.3. The van der Waals surface area contributed by atoms with E-state index >= 15 is 0 Å². The van der Waals surface area contributed by atoms with Crippen LogP contribution in [0.3, 0.4) is 0 Å². The number of halogens is 3. The van der Waals surface area contributed by atoms with Crippen LogP contribution < -0.4 is 5.73 Å². The Morgan fingerprint density at radius 1 is 1.53 bits per heavy atom. The van der Waals surface area contributed by atoms with E-state index in [2.05, 4.69) is 0 Å². The molecule has 0 aliphatic carbocycles. The van der Waals surface area contributed by atoms with Crippen molar-refractivity contribution in [2.24, 2.45) is 5.73 Å². The Labute approximate surface area is 95.4 Å². The molecule has 1 rings (SSSR count). The largest absolute Gasteiger partial charge is 0.320 e. The number of benzene rings is 1. The molecule has 0 heterocycles. The van der Waals surface area contributed by atoms with Crippen molar-refractivity contribution in [3.8, 4) is 0 Å². The zero-order chi connectivity index (χ0) is 13.2. The standard InChI is InChI=1S/C10H11F3N2O2/c1-10(14,9(12)13)5-6-2-3-8(15(16)17)7(11)4-6/h2-4,9H,5,14H2,1H3. The van der Waals surface area contributed by atoms with Crippen molar-refractivity contribution in [2.75, 3.05) is 0 Å². The van der Waals surface area contributed by atoms with Gasteiger partial charge in [-0.25, -0.2) is 8.78 Å². The third-order valence-corrected chi connectivity index (χ3v) is 2.29. The third kappa shape index (κ3) is 3.16. The quantitative estimate of drug-likeness (QED) is 0.656. The molecule has 0 amide bonds. The molecule has 2 N–H and O–H groups in total. The van der Waals surface area contributed by atoms with Gasteiger partial charge in [-0.1, -0.05) is 6.07 Å². The summed E-state index contributed by atoms with van der Waals surface area (Å²) < 4.78 is 38.2. The molecule has 1 atom stereocenters. The van der Waals surface area contributed by atoms with E-state index in [-0.39, 0.29) is 12.0 Å². The molecule has 1 aromatic rings. The van der Waals surface area contributed by atoms with Crippen molar-refractivity contribution in [1.82, 2.24) is 0 Å². The molecule has 17 heavy (non-hydrogen) atoms. The van der Waals surface area contributed by atoms with Crippen LogP contribution in [0.2, 0.25) is 0 Å². The first-order valence-electron chi connectivity index (χ1n) is 4.74. The van der Waals surface area contributed by atoms with Crippen LogP contribution in [-0.2, 0) is 6.42 Å². The molecular weight excluding hydrogens is 237 g/mol. The first-order valence-corrected chi connectivity index (χ1v) is 4.74. The fraction of sp³-hybridized carbons (Fsp3) is 0.400. The van der Waals surface area contributed by atoms with Gasteiger partial charge < -0.3 is 5.73 Å². The van der Waals surface area contributed by atoms with Gasteiger partial charge in [0.05, 0.1) is 10.5 Å². The van der Waals surface area contributed by atoms with Crippen molar-refractivity contribution in [2.45, 2.75) is 25.3 Å². The molecule has 0 fully saturated rings. The molecule has 0 radical (unpaired) electrons. The summed E-state index contributed by atoms with van der Waals surface area (Å²) >= 11 is 0. The summed E-state index contributed by atoms with van der Waals surface area (Å²) in [5.41, 5.74) is 3.05.